The number of nitro groups is 1. The van der Waals surface area contributed by atoms with Crippen LogP contribution in [0.2, 0.25) is 0 Å². The van der Waals surface area contributed by atoms with Gasteiger partial charge < -0.3 is 10.1 Å². The molecular weight excluding hydrogens is 260 g/mol. The molecular formula is C14H20N2O4. The fourth-order valence-electron chi connectivity index (χ4n) is 1.85. The van der Waals surface area contributed by atoms with Gasteiger partial charge in [-0.1, -0.05) is 26.2 Å². The summed E-state index contributed by atoms with van der Waals surface area (Å²) in [5.41, 5.74) is 0.498. The minimum Gasteiger partial charge on any atom is -0.465 e. The van der Waals surface area contributed by atoms with Crippen molar-refractivity contribution < 1.29 is 14.5 Å². The monoisotopic (exact) mass is 280 g/mol. The van der Waals surface area contributed by atoms with E-state index in [9.17, 15) is 14.9 Å². The second-order valence-corrected chi connectivity index (χ2v) is 4.47. The highest BCUT2D eigenvalue weighted by Crippen LogP contribution is 2.26. The van der Waals surface area contributed by atoms with E-state index in [-0.39, 0.29) is 11.3 Å². The van der Waals surface area contributed by atoms with Crippen molar-refractivity contribution in [1.29, 1.82) is 0 Å². The quantitative estimate of drug-likeness (QED) is 0.341. The van der Waals surface area contributed by atoms with Crippen molar-refractivity contribution in [3.8, 4) is 0 Å². The fraction of sp³-hybridized carbons (Fsp3) is 0.500. The molecule has 1 N–H and O–H groups in total. The van der Waals surface area contributed by atoms with Gasteiger partial charge in [0.05, 0.1) is 17.6 Å². The van der Waals surface area contributed by atoms with E-state index in [1.54, 1.807) is 6.07 Å². The number of esters is 1. The first kappa shape index (κ1) is 15.9. The van der Waals surface area contributed by atoms with E-state index >= 15 is 0 Å². The molecule has 0 unspecified atom stereocenters. The van der Waals surface area contributed by atoms with Crippen LogP contribution < -0.4 is 5.32 Å². The number of anilines is 1. The molecule has 20 heavy (non-hydrogen) atoms. The van der Waals surface area contributed by atoms with Crippen molar-refractivity contribution in [2.24, 2.45) is 0 Å². The molecule has 0 saturated heterocycles. The van der Waals surface area contributed by atoms with Crippen LogP contribution in [-0.2, 0) is 4.74 Å². The van der Waals surface area contributed by atoms with Crippen LogP contribution in [0.1, 0.15) is 43.0 Å². The first-order valence-corrected chi connectivity index (χ1v) is 6.70. The van der Waals surface area contributed by atoms with Gasteiger partial charge in [-0.25, -0.2) is 4.79 Å². The number of rotatable bonds is 8. The van der Waals surface area contributed by atoms with E-state index in [1.165, 1.54) is 19.2 Å². The molecule has 0 aliphatic heterocycles. The average molecular weight is 280 g/mol. The Balaban J connectivity index is 2.75. The summed E-state index contributed by atoms with van der Waals surface area (Å²) in [5.74, 6) is -0.581. The fourth-order valence-corrected chi connectivity index (χ4v) is 1.85. The molecule has 0 aromatic heterocycles. The SMILES string of the molecule is CCCCCCNc1ccc(C(=O)OC)cc1[N+](=O)[O-]. The summed E-state index contributed by atoms with van der Waals surface area (Å²) in [4.78, 5) is 21.9. The zero-order valence-electron chi connectivity index (χ0n) is 11.8. The minimum atomic E-state index is -0.581. The summed E-state index contributed by atoms with van der Waals surface area (Å²) in [5, 5.41) is 14.1. The molecule has 6 nitrogen and oxygen atoms in total. The number of carbonyl (C=O) groups excluding carboxylic acids is 1. The Hall–Kier alpha value is -2.11. The minimum absolute atomic E-state index is 0.108. The first-order valence-electron chi connectivity index (χ1n) is 6.70. The van der Waals surface area contributed by atoms with Gasteiger partial charge in [0.15, 0.2) is 0 Å². The molecule has 0 aliphatic rings. The highest BCUT2D eigenvalue weighted by molar-refractivity contribution is 5.91. The number of unbranched alkanes of at least 4 members (excludes halogenated alkanes) is 3. The summed E-state index contributed by atoms with van der Waals surface area (Å²) in [6, 6.07) is 4.30. The van der Waals surface area contributed by atoms with E-state index < -0.39 is 10.9 Å². The second kappa shape index (κ2) is 8.14. The van der Waals surface area contributed by atoms with Gasteiger partial charge in [-0.2, -0.15) is 0 Å². The zero-order valence-corrected chi connectivity index (χ0v) is 11.8. The summed E-state index contributed by atoms with van der Waals surface area (Å²) in [7, 11) is 1.24. The molecule has 0 spiro atoms. The molecule has 0 aliphatic carbocycles. The molecule has 0 radical (unpaired) electrons. The number of nitro benzene ring substituents is 1. The van der Waals surface area contributed by atoms with E-state index in [2.05, 4.69) is 17.0 Å². The summed E-state index contributed by atoms with van der Waals surface area (Å²) >= 11 is 0. The lowest BCUT2D eigenvalue weighted by atomic mass is 10.1. The maximum Gasteiger partial charge on any atom is 0.338 e. The number of ether oxygens (including phenoxy) is 1. The van der Waals surface area contributed by atoms with Gasteiger partial charge in [0.25, 0.3) is 5.69 Å². The maximum atomic E-state index is 11.4. The van der Waals surface area contributed by atoms with Crippen molar-refractivity contribution in [3.63, 3.8) is 0 Å². The lowest BCUT2D eigenvalue weighted by Gasteiger charge is -2.08. The highest BCUT2D eigenvalue weighted by Gasteiger charge is 2.17. The van der Waals surface area contributed by atoms with Crippen LogP contribution in [0.3, 0.4) is 0 Å². The van der Waals surface area contributed by atoms with Crippen LogP contribution in [-0.4, -0.2) is 24.5 Å². The van der Waals surface area contributed by atoms with Crippen molar-refractivity contribution >= 4 is 17.3 Å². The van der Waals surface area contributed by atoms with Gasteiger partial charge in [0.1, 0.15) is 5.69 Å². The van der Waals surface area contributed by atoms with Crippen LogP contribution in [0.5, 0.6) is 0 Å². The van der Waals surface area contributed by atoms with Gasteiger partial charge in [-0.3, -0.25) is 10.1 Å². The van der Waals surface area contributed by atoms with Gasteiger partial charge in [0, 0.05) is 12.6 Å². The second-order valence-electron chi connectivity index (χ2n) is 4.47. The number of nitrogens with zero attached hydrogens (tertiary/aromatic N) is 1. The summed E-state index contributed by atoms with van der Waals surface area (Å²) in [6.07, 6.45) is 4.36. The van der Waals surface area contributed by atoms with E-state index in [0.29, 0.717) is 12.2 Å². The smallest absolute Gasteiger partial charge is 0.338 e. The zero-order chi connectivity index (χ0) is 15.0. The standard InChI is InChI=1S/C14H20N2O4/c1-3-4-5-6-9-15-12-8-7-11(14(17)20-2)10-13(12)16(18)19/h7-8,10,15H,3-6,9H2,1-2H3. The van der Waals surface area contributed by atoms with Crippen LogP contribution in [0, 0.1) is 10.1 Å². The Bertz CT molecular complexity index is 474. The maximum absolute atomic E-state index is 11.4. The number of hydrogen-bond donors (Lipinski definition) is 1. The molecule has 0 bridgehead atoms. The van der Waals surface area contributed by atoms with Crippen molar-refractivity contribution in [2.75, 3.05) is 19.0 Å². The molecule has 0 saturated carbocycles. The number of nitrogens with one attached hydrogen (secondary N) is 1. The van der Waals surface area contributed by atoms with Crippen LogP contribution >= 0.6 is 0 Å². The highest BCUT2D eigenvalue weighted by atomic mass is 16.6. The van der Waals surface area contributed by atoms with E-state index in [4.69, 9.17) is 0 Å². The molecule has 0 fully saturated rings. The lowest BCUT2D eigenvalue weighted by molar-refractivity contribution is -0.384. The van der Waals surface area contributed by atoms with Crippen molar-refractivity contribution in [2.45, 2.75) is 32.6 Å². The van der Waals surface area contributed by atoms with Gasteiger partial charge in [0.2, 0.25) is 0 Å². The first-order chi connectivity index (χ1) is 9.60. The third-order valence-electron chi connectivity index (χ3n) is 2.96. The molecule has 1 rings (SSSR count). The van der Waals surface area contributed by atoms with Gasteiger partial charge in [-0.15, -0.1) is 0 Å². The molecule has 0 heterocycles. The molecule has 6 heteroatoms. The van der Waals surface area contributed by atoms with E-state index in [1.807, 2.05) is 0 Å². The summed E-state index contributed by atoms with van der Waals surface area (Å²) < 4.78 is 4.55. The van der Waals surface area contributed by atoms with E-state index in [0.717, 1.165) is 25.7 Å². The predicted molar refractivity (Wildman–Crippen MR) is 77.1 cm³/mol. The van der Waals surface area contributed by atoms with Crippen LogP contribution in [0.25, 0.3) is 0 Å². The number of carbonyl (C=O) groups is 1. The molecule has 1 aromatic rings. The average Bonchev–Trinajstić information content (AvgIpc) is 2.46. The Morgan fingerprint density at radius 3 is 2.70 bits per heavy atom. The largest absolute Gasteiger partial charge is 0.465 e. The Morgan fingerprint density at radius 1 is 1.35 bits per heavy atom. The van der Waals surface area contributed by atoms with Crippen LogP contribution in [0.4, 0.5) is 11.4 Å². The van der Waals surface area contributed by atoms with Crippen molar-refractivity contribution in [3.05, 3.63) is 33.9 Å². The van der Waals surface area contributed by atoms with Gasteiger partial charge >= 0.3 is 5.97 Å². The third kappa shape index (κ3) is 4.53. The number of hydrogen-bond acceptors (Lipinski definition) is 5. The van der Waals surface area contributed by atoms with Gasteiger partial charge in [-0.05, 0) is 18.6 Å². The number of benzene rings is 1. The molecule has 0 amide bonds. The van der Waals surface area contributed by atoms with Crippen molar-refractivity contribution in [1.82, 2.24) is 0 Å². The Kier molecular flexibility index (Phi) is 6.49. The molecule has 0 atom stereocenters. The Labute approximate surface area is 118 Å². The lowest BCUT2D eigenvalue weighted by Crippen LogP contribution is -2.07. The number of methoxy groups -OCH3 is 1. The molecule has 110 valence electrons. The summed E-state index contributed by atoms with van der Waals surface area (Å²) in [6.45, 7) is 2.81. The third-order valence-corrected chi connectivity index (χ3v) is 2.96. The Morgan fingerprint density at radius 2 is 2.10 bits per heavy atom. The predicted octanol–water partition coefficient (Wildman–Crippen LogP) is 3.37. The topological polar surface area (TPSA) is 81.5 Å². The van der Waals surface area contributed by atoms with Crippen LogP contribution in [0.15, 0.2) is 18.2 Å². The normalized spacial score (nSPS) is 10.1. The molecule has 1 aromatic carbocycles.